The molecule has 3 nitrogen and oxygen atoms in total. The Balaban J connectivity index is 2.21. The lowest BCUT2D eigenvalue weighted by atomic mass is 10.1. The molecule has 1 aliphatic rings. The molecule has 66 valence electrons. The summed E-state index contributed by atoms with van der Waals surface area (Å²) in [5.41, 5.74) is 5.72. The van der Waals surface area contributed by atoms with Gasteiger partial charge in [-0.05, 0) is 25.2 Å². The zero-order valence-electron chi connectivity index (χ0n) is 6.79. The molecule has 1 saturated carbocycles. The molecule has 0 heterocycles. The lowest BCUT2D eigenvalue weighted by molar-refractivity contribution is 0.559. The van der Waals surface area contributed by atoms with Gasteiger partial charge in [0, 0.05) is 12.3 Å². The van der Waals surface area contributed by atoms with E-state index >= 15 is 0 Å². The third kappa shape index (κ3) is 3.72. The standard InChI is InChI=1S/C7H15NO2S/c1-11(9,10)5-4-7(8)6-2-3-6/h6-7H,2-5,8H2,1H3. The summed E-state index contributed by atoms with van der Waals surface area (Å²) in [6.07, 6.45) is 4.26. The summed E-state index contributed by atoms with van der Waals surface area (Å²) in [6.45, 7) is 0. The van der Waals surface area contributed by atoms with Crippen LogP contribution >= 0.6 is 0 Å². The van der Waals surface area contributed by atoms with Crippen LogP contribution in [-0.2, 0) is 9.84 Å². The van der Waals surface area contributed by atoms with E-state index in [-0.39, 0.29) is 11.8 Å². The molecular weight excluding hydrogens is 162 g/mol. The first-order valence-electron chi connectivity index (χ1n) is 3.92. The molecule has 1 rings (SSSR count). The smallest absolute Gasteiger partial charge is 0.147 e. The van der Waals surface area contributed by atoms with Crippen molar-refractivity contribution in [2.45, 2.75) is 25.3 Å². The van der Waals surface area contributed by atoms with Crippen LogP contribution in [0.15, 0.2) is 0 Å². The second-order valence-corrected chi connectivity index (χ2v) is 5.68. The van der Waals surface area contributed by atoms with Crippen LogP contribution in [0, 0.1) is 5.92 Å². The highest BCUT2D eigenvalue weighted by atomic mass is 32.2. The van der Waals surface area contributed by atoms with Gasteiger partial charge in [0.1, 0.15) is 9.84 Å². The minimum Gasteiger partial charge on any atom is -0.327 e. The molecule has 0 aromatic rings. The summed E-state index contributed by atoms with van der Waals surface area (Å²) in [6, 6.07) is 0.115. The zero-order chi connectivity index (χ0) is 8.48. The maximum atomic E-state index is 10.7. The van der Waals surface area contributed by atoms with E-state index < -0.39 is 9.84 Å². The van der Waals surface area contributed by atoms with E-state index in [4.69, 9.17) is 5.73 Å². The van der Waals surface area contributed by atoms with Gasteiger partial charge in [-0.2, -0.15) is 0 Å². The predicted molar refractivity (Wildman–Crippen MR) is 45.0 cm³/mol. The van der Waals surface area contributed by atoms with E-state index in [1.54, 1.807) is 0 Å². The third-order valence-corrected chi connectivity index (χ3v) is 3.03. The van der Waals surface area contributed by atoms with Crippen LogP contribution in [-0.4, -0.2) is 26.5 Å². The van der Waals surface area contributed by atoms with Gasteiger partial charge >= 0.3 is 0 Å². The van der Waals surface area contributed by atoms with Crippen molar-refractivity contribution in [1.29, 1.82) is 0 Å². The van der Waals surface area contributed by atoms with Gasteiger partial charge in [0.15, 0.2) is 0 Å². The van der Waals surface area contributed by atoms with Crippen LogP contribution in [0.3, 0.4) is 0 Å². The van der Waals surface area contributed by atoms with Crippen molar-refractivity contribution in [2.75, 3.05) is 12.0 Å². The first kappa shape index (κ1) is 9.00. The molecule has 0 radical (unpaired) electrons. The van der Waals surface area contributed by atoms with Gasteiger partial charge in [-0.1, -0.05) is 0 Å². The Bertz CT molecular complexity index is 219. The van der Waals surface area contributed by atoms with Crippen LogP contribution in [0.5, 0.6) is 0 Å². The van der Waals surface area contributed by atoms with Crippen molar-refractivity contribution in [1.82, 2.24) is 0 Å². The fraction of sp³-hybridized carbons (Fsp3) is 1.00. The Morgan fingerprint density at radius 2 is 2.09 bits per heavy atom. The lowest BCUT2D eigenvalue weighted by Gasteiger charge is -2.07. The van der Waals surface area contributed by atoms with E-state index in [2.05, 4.69) is 0 Å². The highest BCUT2D eigenvalue weighted by Gasteiger charge is 2.28. The van der Waals surface area contributed by atoms with Gasteiger partial charge in [-0.25, -0.2) is 8.42 Å². The second kappa shape index (κ2) is 3.11. The Hall–Kier alpha value is -0.0900. The molecule has 2 N–H and O–H groups in total. The van der Waals surface area contributed by atoms with Gasteiger partial charge in [-0.3, -0.25) is 0 Å². The van der Waals surface area contributed by atoms with E-state index in [1.165, 1.54) is 19.1 Å². The highest BCUT2D eigenvalue weighted by molar-refractivity contribution is 7.90. The van der Waals surface area contributed by atoms with Crippen molar-refractivity contribution in [3.8, 4) is 0 Å². The van der Waals surface area contributed by atoms with Crippen molar-refractivity contribution in [3.63, 3.8) is 0 Å². The molecule has 0 amide bonds. The Morgan fingerprint density at radius 3 is 2.45 bits per heavy atom. The average Bonchev–Trinajstić information content (AvgIpc) is 2.61. The molecule has 1 unspecified atom stereocenters. The maximum absolute atomic E-state index is 10.7. The van der Waals surface area contributed by atoms with Crippen molar-refractivity contribution < 1.29 is 8.42 Å². The van der Waals surface area contributed by atoms with Crippen LogP contribution in [0.1, 0.15) is 19.3 Å². The SMILES string of the molecule is CS(=O)(=O)CCC(N)C1CC1. The lowest BCUT2D eigenvalue weighted by Crippen LogP contribution is -2.25. The summed E-state index contributed by atoms with van der Waals surface area (Å²) in [5, 5.41) is 0. The number of nitrogens with two attached hydrogens (primary N) is 1. The molecule has 1 atom stereocenters. The monoisotopic (exact) mass is 177 g/mol. The molecule has 0 saturated heterocycles. The average molecular weight is 177 g/mol. The number of hydrogen-bond donors (Lipinski definition) is 1. The highest BCUT2D eigenvalue weighted by Crippen LogP contribution is 2.32. The van der Waals surface area contributed by atoms with E-state index in [1.807, 2.05) is 0 Å². The Labute approximate surface area is 67.9 Å². The van der Waals surface area contributed by atoms with Crippen molar-refractivity contribution >= 4 is 9.84 Å². The first-order valence-corrected chi connectivity index (χ1v) is 5.98. The second-order valence-electron chi connectivity index (χ2n) is 3.42. The minimum atomic E-state index is -2.80. The molecule has 4 heteroatoms. The van der Waals surface area contributed by atoms with Crippen molar-refractivity contribution in [2.24, 2.45) is 11.7 Å². The van der Waals surface area contributed by atoms with Gasteiger partial charge in [-0.15, -0.1) is 0 Å². The summed E-state index contributed by atoms with van der Waals surface area (Å²) >= 11 is 0. The summed E-state index contributed by atoms with van der Waals surface area (Å²) in [4.78, 5) is 0. The molecule has 0 bridgehead atoms. The topological polar surface area (TPSA) is 60.2 Å². The summed E-state index contributed by atoms with van der Waals surface area (Å²) < 4.78 is 21.4. The molecule has 0 spiro atoms. The Morgan fingerprint density at radius 1 is 1.55 bits per heavy atom. The van der Waals surface area contributed by atoms with E-state index in [0.29, 0.717) is 12.3 Å². The fourth-order valence-electron chi connectivity index (χ4n) is 1.11. The van der Waals surface area contributed by atoms with Gasteiger partial charge in [0.2, 0.25) is 0 Å². The molecule has 0 aliphatic heterocycles. The first-order chi connectivity index (χ1) is 4.99. The van der Waals surface area contributed by atoms with Crippen molar-refractivity contribution in [3.05, 3.63) is 0 Å². The van der Waals surface area contributed by atoms with Crippen LogP contribution in [0.2, 0.25) is 0 Å². The van der Waals surface area contributed by atoms with Crippen LogP contribution in [0.25, 0.3) is 0 Å². The predicted octanol–water partition coefficient (Wildman–Crippen LogP) is 0.158. The zero-order valence-corrected chi connectivity index (χ0v) is 7.60. The van der Waals surface area contributed by atoms with E-state index in [9.17, 15) is 8.42 Å². The van der Waals surface area contributed by atoms with Crippen LogP contribution in [0.4, 0.5) is 0 Å². The van der Waals surface area contributed by atoms with Crippen LogP contribution < -0.4 is 5.73 Å². The molecule has 0 aromatic carbocycles. The summed E-state index contributed by atoms with van der Waals surface area (Å²) in [7, 11) is -2.80. The molecule has 1 fully saturated rings. The van der Waals surface area contributed by atoms with Gasteiger partial charge in [0.25, 0.3) is 0 Å². The fourth-order valence-corrected chi connectivity index (χ4v) is 1.81. The molecule has 0 aromatic heterocycles. The Kier molecular flexibility index (Phi) is 2.54. The minimum absolute atomic E-state index is 0.115. The summed E-state index contributed by atoms with van der Waals surface area (Å²) in [5.74, 6) is 0.849. The molecular formula is C7H15NO2S. The molecule has 11 heavy (non-hydrogen) atoms. The largest absolute Gasteiger partial charge is 0.327 e. The molecule has 1 aliphatic carbocycles. The number of sulfone groups is 1. The normalized spacial score (nSPS) is 21.6. The van der Waals surface area contributed by atoms with E-state index in [0.717, 1.165) is 0 Å². The maximum Gasteiger partial charge on any atom is 0.147 e. The third-order valence-electron chi connectivity index (χ3n) is 2.05. The quantitative estimate of drug-likeness (QED) is 0.665. The van der Waals surface area contributed by atoms with Gasteiger partial charge < -0.3 is 5.73 Å². The van der Waals surface area contributed by atoms with Gasteiger partial charge in [0.05, 0.1) is 5.75 Å². The number of rotatable bonds is 4. The number of hydrogen-bond acceptors (Lipinski definition) is 3.